The molecule has 0 fully saturated rings. The molecule has 1 unspecified atom stereocenters. The van der Waals surface area contributed by atoms with Gasteiger partial charge in [-0.05, 0) is 18.6 Å². The molecule has 21 heavy (non-hydrogen) atoms. The van der Waals surface area contributed by atoms with E-state index in [0.717, 1.165) is 28.1 Å². The molecule has 4 rings (SSSR count). The van der Waals surface area contributed by atoms with E-state index in [1.807, 2.05) is 24.5 Å². The van der Waals surface area contributed by atoms with Crippen LogP contribution in [0.1, 0.15) is 12.2 Å². The van der Waals surface area contributed by atoms with Crippen LogP contribution in [-0.4, -0.2) is 30.6 Å². The fourth-order valence-corrected chi connectivity index (χ4v) is 3.03. The molecule has 0 saturated heterocycles. The maximum atomic E-state index is 11.1. The average molecular weight is 282 g/mol. The summed E-state index contributed by atoms with van der Waals surface area (Å²) >= 11 is 0. The third kappa shape index (κ3) is 1.83. The molecule has 0 aliphatic carbocycles. The van der Waals surface area contributed by atoms with E-state index in [4.69, 9.17) is 5.11 Å². The number of carbonyl (C=O) groups is 1. The zero-order valence-corrected chi connectivity index (χ0v) is 11.3. The van der Waals surface area contributed by atoms with E-state index < -0.39 is 5.97 Å². The van der Waals surface area contributed by atoms with E-state index in [-0.39, 0.29) is 5.92 Å². The fourth-order valence-electron chi connectivity index (χ4n) is 3.03. The minimum atomic E-state index is -0.734. The van der Waals surface area contributed by atoms with E-state index in [0.29, 0.717) is 19.4 Å². The Kier molecular flexibility index (Phi) is 2.57. The number of pyridine rings is 1. The molecule has 0 spiro atoms. The van der Waals surface area contributed by atoms with Crippen molar-refractivity contribution >= 4 is 17.0 Å². The lowest BCUT2D eigenvalue weighted by Crippen LogP contribution is -2.26. The van der Waals surface area contributed by atoms with E-state index in [1.54, 1.807) is 6.20 Å². The van der Waals surface area contributed by atoms with E-state index in [9.17, 15) is 4.79 Å². The van der Waals surface area contributed by atoms with E-state index in [1.165, 1.54) is 0 Å². The van der Waals surface area contributed by atoms with Gasteiger partial charge in [0.05, 0.1) is 17.8 Å². The summed E-state index contributed by atoms with van der Waals surface area (Å²) in [4.78, 5) is 23.0. The van der Waals surface area contributed by atoms with Crippen molar-refractivity contribution in [3.8, 4) is 11.3 Å². The smallest absolute Gasteiger partial charge is 0.307 e. The summed E-state index contributed by atoms with van der Waals surface area (Å²) in [6.45, 7) is 0.689. The van der Waals surface area contributed by atoms with Crippen LogP contribution >= 0.6 is 0 Å². The maximum Gasteiger partial charge on any atom is 0.307 e. The van der Waals surface area contributed by atoms with Gasteiger partial charge >= 0.3 is 5.97 Å². The molecule has 0 aromatic carbocycles. The number of carboxylic acids is 1. The number of aliphatic carboxylic acids is 1. The van der Waals surface area contributed by atoms with Crippen molar-refractivity contribution < 1.29 is 9.90 Å². The van der Waals surface area contributed by atoms with Gasteiger partial charge in [0, 0.05) is 36.3 Å². The van der Waals surface area contributed by atoms with Gasteiger partial charge in [0.2, 0.25) is 0 Å². The molecule has 0 amide bonds. The summed E-state index contributed by atoms with van der Waals surface area (Å²) in [6, 6.07) is 3.94. The van der Waals surface area contributed by atoms with Crippen molar-refractivity contribution in [3.05, 3.63) is 36.5 Å². The highest BCUT2D eigenvalue weighted by Crippen LogP contribution is 2.31. The Morgan fingerprint density at radius 2 is 2.33 bits per heavy atom. The number of aromatic nitrogens is 4. The molecule has 0 bridgehead atoms. The summed E-state index contributed by atoms with van der Waals surface area (Å²) in [5.41, 5.74) is 2.93. The second-order valence-electron chi connectivity index (χ2n) is 5.34. The monoisotopic (exact) mass is 282 g/mol. The van der Waals surface area contributed by atoms with Gasteiger partial charge in [0.15, 0.2) is 0 Å². The standard InChI is InChI=1S/C15H14N4O2/c20-15(21)9-3-5-19-12(8-17-13(19)6-9)11-7-18-14-10(11)2-1-4-16-14/h1-2,4,7-9H,3,5-6H2,(H,16,18)(H,20,21). The normalized spacial score (nSPS) is 17.8. The molecule has 0 saturated carbocycles. The molecule has 6 heteroatoms. The van der Waals surface area contributed by atoms with Crippen molar-refractivity contribution in [2.24, 2.45) is 5.92 Å². The van der Waals surface area contributed by atoms with Crippen LogP contribution in [0.4, 0.5) is 0 Å². The van der Waals surface area contributed by atoms with Crippen molar-refractivity contribution in [1.29, 1.82) is 0 Å². The Hall–Kier alpha value is -2.63. The summed E-state index contributed by atoms with van der Waals surface area (Å²) in [6.07, 6.45) is 6.66. The molecular formula is C15H14N4O2. The molecular weight excluding hydrogens is 268 g/mol. The lowest BCUT2D eigenvalue weighted by Gasteiger charge is -2.21. The number of carboxylic acid groups (broad SMARTS) is 1. The Morgan fingerprint density at radius 1 is 1.43 bits per heavy atom. The molecule has 6 nitrogen and oxygen atoms in total. The van der Waals surface area contributed by atoms with Crippen LogP contribution in [0.15, 0.2) is 30.7 Å². The minimum absolute atomic E-state index is 0.322. The zero-order chi connectivity index (χ0) is 14.4. The molecule has 106 valence electrons. The van der Waals surface area contributed by atoms with Gasteiger partial charge in [0.25, 0.3) is 0 Å². The molecule has 3 aromatic heterocycles. The second kappa shape index (κ2) is 4.44. The van der Waals surface area contributed by atoms with Crippen LogP contribution in [0.2, 0.25) is 0 Å². The predicted molar refractivity (Wildman–Crippen MR) is 76.8 cm³/mol. The molecule has 1 aliphatic rings. The van der Waals surface area contributed by atoms with Crippen LogP contribution < -0.4 is 0 Å². The fraction of sp³-hybridized carbons (Fsp3) is 0.267. The van der Waals surface area contributed by atoms with Gasteiger partial charge in [-0.15, -0.1) is 0 Å². The highest BCUT2D eigenvalue weighted by atomic mass is 16.4. The molecule has 4 heterocycles. The van der Waals surface area contributed by atoms with Gasteiger partial charge in [-0.25, -0.2) is 9.97 Å². The van der Waals surface area contributed by atoms with Gasteiger partial charge in [-0.1, -0.05) is 0 Å². The number of hydrogen-bond acceptors (Lipinski definition) is 3. The molecule has 1 atom stereocenters. The van der Waals surface area contributed by atoms with Crippen LogP contribution in [0.25, 0.3) is 22.3 Å². The number of nitrogens with one attached hydrogen (secondary N) is 1. The first-order valence-corrected chi connectivity index (χ1v) is 6.93. The number of H-pyrrole nitrogens is 1. The SMILES string of the molecule is O=C(O)C1CCn2c(-c3c[nH]c4ncccc34)cnc2C1. The summed E-state index contributed by atoms with van der Waals surface area (Å²) < 4.78 is 2.12. The highest BCUT2D eigenvalue weighted by molar-refractivity contribution is 5.92. The molecule has 2 N–H and O–H groups in total. The topological polar surface area (TPSA) is 83.8 Å². The first-order valence-electron chi connectivity index (χ1n) is 6.93. The van der Waals surface area contributed by atoms with Crippen LogP contribution in [-0.2, 0) is 17.8 Å². The lowest BCUT2D eigenvalue weighted by molar-refractivity contribution is -0.142. The average Bonchev–Trinajstić information content (AvgIpc) is 3.09. The number of nitrogens with zero attached hydrogens (tertiary/aromatic N) is 3. The Balaban J connectivity index is 1.80. The maximum absolute atomic E-state index is 11.1. The van der Waals surface area contributed by atoms with Gasteiger partial charge < -0.3 is 14.7 Å². The number of fused-ring (bicyclic) bond motifs is 2. The van der Waals surface area contributed by atoms with Crippen molar-refractivity contribution in [2.45, 2.75) is 19.4 Å². The highest BCUT2D eigenvalue weighted by Gasteiger charge is 2.27. The van der Waals surface area contributed by atoms with E-state index >= 15 is 0 Å². The third-order valence-corrected chi connectivity index (χ3v) is 4.14. The minimum Gasteiger partial charge on any atom is -0.481 e. The lowest BCUT2D eigenvalue weighted by atomic mass is 9.98. The Morgan fingerprint density at radius 3 is 3.19 bits per heavy atom. The molecule has 0 radical (unpaired) electrons. The molecule has 3 aromatic rings. The summed E-state index contributed by atoms with van der Waals surface area (Å²) in [7, 11) is 0. The van der Waals surface area contributed by atoms with E-state index in [2.05, 4.69) is 19.5 Å². The van der Waals surface area contributed by atoms with Crippen molar-refractivity contribution in [1.82, 2.24) is 19.5 Å². The quantitative estimate of drug-likeness (QED) is 0.753. The van der Waals surface area contributed by atoms with Crippen molar-refractivity contribution in [2.75, 3.05) is 0 Å². The second-order valence-corrected chi connectivity index (χ2v) is 5.34. The van der Waals surface area contributed by atoms with Crippen LogP contribution in [0.3, 0.4) is 0 Å². The number of rotatable bonds is 2. The first-order chi connectivity index (χ1) is 10.2. The van der Waals surface area contributed by atoms with Crippen molar-refractivity contribution in [3.63, 3.8) is 0 Å². The van der Waals surface area contributed by atoms with Crippen LogP contribution in [0, 0.1) is 5.92 Å². The summed E-state index contributed by atoms with van der Waals surface area (Å²) in [5, 5.41) is 10.2. The largest absolute Gasteiger partial charge is 0.481 e. The predicted octanol–water partition coefficient (Wildman–Crippen LogP) is 2.07. The first kappa shape index (κ1) is 12.1. The molecule has 1 aliphatic heterocycles. The third-order valence-electron chi connectivity index (χ3n) is 4.14. The summed E-state index contributed by atoms with van der Waals surface area (Å²) in [5.74, 6) is -0.207. The van der Waals surface area contributed by atoms with Crippen LogP contribution in [0.5, 0.6) is 0 Å². The van der Waals surface area contributed by atoms with Gasteiger partial charge in [-0.3, -0.25) is 4.79 Å². The Bertz CT molecular complexity index is 833. The number of imidazole rings is 1. The Labute approximate surface area is 120 Å². The zero-order valence-electron chi connectivity index (χ0n) is 11.3. The number of hydrogen-bond donors (Lipinski definition) is 2. The van der Waals surface area contributed by atoms with Gasteiger partial charge in [-0.2, -0.15) is 0 Å². The van der Waals surface area contributed by atoms with Gasteiger partial charge in [0.1, 0.15) is 11.5 Å². The number of aromatic amines is 1.